The van der Waals surface area contributed by atoms with Gasteiger partial charge in [0.15, 0.2) is 16.6 Å². The van der Waals surface area contributed by atoms with Crippen molar-refractivity contribution in [3.8, 4) is 11.5 Å². The average Bonchev–Trinajstić information content (AvgIpc) is 3.33. The van der Waals surface area contributed by atoms with E-state index in [1.807, 2.05) is 35.7 Å². The molecule has 26 heavy (non-hydrogen) atoms. The number of aromatic nitrogens is 3. The summed E-state index contributed by atoms with van der Waals surface area (Å²) in [5.74, 6) is 0.482. The van der Waals surface area contributed by atoms with E-state index in [4.69, 9.17) is 4.52 Å². The third kappa shape index (κ3) is 3.60. The van der Waals surface area contributed by atoms with Crippen LogP contribution in [0.5, 0.6) is 0 Å². The maximum Gasteiger partial charge on any atom is 0.279 e. The van der Waals surface area contributed by atoms with Crippen LogP contribution in [0.4, 0.5) is 16.6 Å². The molecule has 0 aliphatic heterocycles. The third-order valence-corrected chi connectivity index (χ3v) is 4.19. The van der Waals surface area contributed by atoms with Crippen LogP contribution in [0.3, 0.4) is 0 Å². The van der Waals surface area contributed by atoms with Crippen molar-refractivity contribution in [3.63, 3.8) is 0 Å². The van der Waals surface area contributed by atoms with Gasteiger partial charge in [-0.15, -0.1) is 11.3 Å². The number of pyridine rings is 1. The fourth-order valence-corrected chi connectivity index (χ4v) is 2.93. The van der Waals surface area contributed by atoms with Crippen LogP contribution in [0.2, 0.25) is 0 Å². The van der Waals surface area contributed by atoms with Gasteiger partial charge in [0.05, 0.1) is 0 Å². The summed E-state index contributed by atoms with van der Waals surface area (Å²) in [5.41, 5.74) is 1.72. The van der Waals surface area contributed by atoms with Crippen molar-refractivity contribution >= 4 is 33.9 Å². The highest BCUT2D eigenvalue weighted by molar-refractivity contribution is 7.14. The van der Waals surface area contributed by atoms with E-state index in [0.29, 0.717) is 17.3 Å². The van der Waals surface area contributed by atoms with Gasteiger partial charge in [-0.2, -0.15) is 0 Å². The molecular formula is C18H13N5O2S. The molecule has 128 valence electrons. The Kier molecular flexibility index (Phi) is 4.40. The van der Waals surface area contributed by atoms with Crippen LogP contribution in [0.25, 0.3) is 11.5 Å². The zero-order chi connectivity index (χ0) is 17.8. The number of rotatable bonds is 5. The highest BCUT2D eigenvalue weighted by Crippen LogP contribution is 2.27. The number of carbonyl (C=O) groups excluding carboxylic acids is 1. The Balaban J connectivity index is 1.47. The van der Waals surface area contributed by atoms with Gasteiger partial charge in [0.2, 0.25) is 0 Å². The summed E-state index contributed by atoms with van der Waals surface area (Å²) in [4.78, 5) is 20.7. The molecule has 1 aromatic carbocycles. The van der Waals surface area contributed by atoms with E-state index in [1.54, 1.807) is 30.5 Å². The van der Waals surface area contributed by atoms with E-state index in [9.17, 15) is 4.79 Å². The number of thiazole rings is 1. The van der Waals surface area contributed by atoms with Crippen molar-refractivity contribution < 1.29 is 9.32 Å². The van der Waals surface area contributed by atoms with Crippen molar-refractivity contribution in [2.75, 3.05) is 10.6 Å². The van der Waals surface area contributed by atoms with Crippen molar-refractivity contribution in [3.05, 3.63) is 71.9 Å². The van der Waals surface area contributed by atoms with Crippen LogP contribution in [0.1, 0.15) is 10.5 Å². The third-order valence-electron chi connectivity index (χ3n) is 3.43. The molecule has 0 aliphatic carbocycles. The van der Waals surface area contributed by atoms with Gasteiger partial charge in [0.1, 0.15) is 11.5 Å². The fourth-order valence-electron chi connectivity index (χ4n) is 2.21. The molecule has 8 heteroatoms. The number of carbonyl (C=O) groups is 1. The minimum atomic E-state index is -0.392. The van der Waals surface area contributed by atoms with Crippen LogP contribution in [-0.4, -0.2) is 21.0 Å². The van der Waals surface area contributed by atoms with Crippen LogP contribution in [-0.2, 0) is 0 Å². The molecule has 3 heterocycles. The molecule has 2 N–H and O–H groups in total. The lowest BCUT2D eigenvalue weighted by molar-refractivity contribution is 0.101. The zero-order valence-electron chi connectivity index (χ0n) is 13.4. The number of hydrogen-bond acceptors (Lipinski definition) is 7. The number of amides is 1. The van der Waals surface area contributed by atoms with Gasteiger partial charge in [-0.3, -0.25) is 4.79 Å². The number of nitrogens with one attached hydrogen (secondary N) is 2. The molecule has 4 rings (SSSR count). The first kappa shape index (κ1) is 16.0. The fraction of sp³-hybridized carbons (Fsp3) is 0. The largest absolute Gasteiger partial charge is 0.354 e. The summed E-state index contributed by atoms with van der Waals surface area (Å²) in [5, 5.41) is 12.2. The summed E-state index contributed by atoms with van der Waals surface area (Å²) >= 11 is 1.44. The van der Waals surface area contributed by atoms with E-state index in [2.05, 4.69) is 25.8 Å². The maximum absolute atomic E-state index is 12.2. The van der Waals surface area contributed by atoms with Gasteiger partial charge in [0.25, 0.3) is 5.91 Å². The molecule has 0 aliphatic rings. The molecule has 0 saturated carbocycles. The zero-order valence-corrected chi connectivity index (χ0v) is 14.2. The van der Waals surface area contributed by atoms with Gasteiger partial charge < -0.3 is 15.2 Å². The van der Waals surface area contributed by atoms with Crippen LogP contribution in [0.15, 0.2) is 70.7 Å². The molecule has 0 unspecified atom stereocenters. The topological polar surface area (TPSA) is 92.9 Å². The summed E-state index contributed by atoms with van der Waals surface area (Å²) in [6.45, 7) is 0. The monoisotopic (exact) mass is 363 g/mol. The second kappa shape index (κ2) is 7.16. The van der Waals surface area contributed by atoms with Gasteiger partial charge in [-0.25, -0.2) is 9.97 Å². The maximum atomic E-state index is 12.2. The minimum absolute atomic E-state index is 0.163. The first-order valence-electron chi connectivity index (χ1n) is 7.75. The SMILES string of the molecule is O=C(Nc1ccccn1)c1cc(-c2csc(Nc3ccccc3)n2)on1. The lowest BCUT2D eigenvalue weighted by Gasteiger charge is -2.00. The van der Waals surface area contributed by atoms with Crippen LogP contribution in [0, 0.1) is 0 Å². The van der Waals surface area contributed by atoms with E-state index in [1.165, 1.54) is 11.3 Å². The summed E-state index contributed by atoms with van der Waals surface area (Å²) in [6.07, 6.45) is 1.60. The van der Waals surface area contributed by atoms with E-state index < -0.39 is 5.91 Å². The molecule has 1 amide bonds. The minimum Gasteiger partial charge on any atom is -0.354 e. The Bertz CT molecular complexity index is 1010. The molecule has 0 spiro atoms. The first-order valence-corrected chi connectivity index (χ1v) is 8.63. The Morgan fingerprint density at radius 1 is 1.08 bits per heavy atom. The lowest BCUT2D eigenvalue weighted by Crippen LogP contribution is -2.12. The first-order chi connectivity index (χ1) is 12.8. The number of benzene rings is 1. The molecule has 0 bridgehead atoms. The lowest BCUT2D eigenvalue weighted by atomic mass is 10.3. The smallest absolute Gasteiger partial charge is 0.279 e. The molecule has 4 aromatic rings. The second-order valence-corrected chi connectivity index (χ2v) is 6.13. The highest BCUT2D eigenvalue weighted by Gasteiger charge is 2.16. The predicted molar refractivity (Wildman–Crippen MR) is 99.5 cm³/mol. The Labute approximate surface area is 152 Å². The number of para-hydroxylation sites is 1. The van der Waals surface area contributed by atoms with Crippen molar-refractivity contribution in [2.24, 2.45) is 0 Å². The Morgan fingerprint density at radius 2 is 1.92 bits per heavy atom. The number of hydrogen-bond donors (Lipinski definition) is 2. The highest BCUT2D eigenvalue weighted by atomic mass is 32.1. The van der Waals surface area contributed by atoms with E-state index in [-0.39, 0.29) is 5.69 Å². The molecule has 0 fully saturated rings. The number of anilines is 3. The molecule has 7 nitrogen and oxygen atoms in total. The molecular weight excluding hydrogens is 350 g/mol. The van der Waals surface area contributed by atoms with Gasteiger partial charge >= 0.3 is 0 Å². The number of nitrogens with zero attached hydrogens (tertiary/aromatic N) is 3. The molecule has 3 aromatic heterocycles. The molecule has 0 saturated heterocycles. The molecule has 0 atom stereocenters. The normalized spacial score (nSPS) is 10.5. The van der Waals surface area contributed by atoms with Crippen molar-refractivity contribution in [2.45, 2.75) is 0 Å². The van der Waals surface area contributed by atoms with E-state index in [0.717, 1.165) is 10.8 Å². The summed E-state index contributed by atoms with van der Waals surface area (Å²) in [7, 11) is 0. The van der Waals surface area contributed by atoms with Crippen LogP contribution < -0.4 is 10.6 Å². The average molecular weight is 363 g/mol. The predicted octanol–water partition coefficient (Wildman–Crippen LogP) is 4.19. The van der Waals surface area contributed by atoms with E-state index >= 15 is 0 Å². The Morgan fingerprint density at radius 3 is 2.73 bits per heavy atom. The summed E-state index contributed by atoms with van der Waals surface area (Å²) in [6, 6.07) is 16.6. The van der Waals surface area contributed by atoms with Crippen molar-refractivity contribution in [1.29, 1.82) is 0 Å². The standard InChI is InChI=1S/C18H13N5O2S/c24-17(22-16-8-4-5-9-19-16)13-10-15(25-23-13)14-11-26-18(21-14)20-12-6-2-1-3-7-12/h1-11H,(H,20,21)(H,19,22,24). The van der Waals surface area contributed by atoms with Crippen molar-refractivity contribution in [1.82, 2.24) is 15.1 Å². The molecule has 0 radical (unpaired) electrons. The Hall–Kier alpha value is -3.52. The van der Waals surface area contributed by atoms with Gasteiger partial charge in [-0.05, 0) is 24.3 Å². The van der Waals surface area contributed by atoms with Gasteiger partial charge in [-0.1, -0.05) is 29.4 Å². The van der Waals surface area contributed by atoms with Gasteiger partial charge in [0, 0.05) is 23.3 Å². The van der Waals surface area contributed by atoms with Crippen LogP contribution >= 0.6 is 11.3 Å². The second-order valence-electron chi connectivity index (χ2n) is 5.27. The quantitative estimate of drug-likeness (QED) is 0.552. The summed E-state index contributed by atoms with van der Waals surface area (Å²) < 4.78 is 5.26.